The average Bonchev–Trinajstić information content (AvgIpc) is 3.12. The van der Waals surface area contributed by atoms with Crippen LogP contribution in [0.5, 0.6) is 5.75 Å². The molecule has 0 aliphatic carbocycles. The molecular weight excluding hydrogens is 404 g/mol. The van der Waals surface area contributed by atoms with Gasteiger partial charge in [0.1, 0.15) is 16.9 Å². The first-order chi connectivity index (χ1) is 13.3. The fraction of sp³-hybridized carbons (Fsp3) is 0.278. The van der Waals surface area contributed by atoms with Crippen LogP contribution in [0.1, 0.15) is 12.0 Å². The standard InChI is InChI=1S/C18H18N2O6S2/c1-26-14-4-2-12(3-5-14)10-15-17(22)20(18(23)27-15)8-6-16(21)19-13-7-9-28(24,25)11-13/h2-5,7,9-10,13H,6,8,11H2,1H3,(H-,19,21,24,25)/b15-10+. The number of hydrogen-bond donors (Lipinski definition) is 1. The second kappa shape index (κ2) is 8.29. The minimum atomic E-state index is -3.26. The molecule has 2 aliphatic heterocycles. The summed E-state index contributed by atoms with van der Waals surface area (Å²) in [5.41, 5.74) is 0.748. The van der Waals surface area contributed by atoms with Crippen LogP contribution < -0.4 is 10.1 Å². The number of nitrogens with zero attached hydrogens (tertiary/aromatic N) is 1. The average molecular weight is 422 g/mol. The maximum Gasteiger partial charge on any atom is 0.293 e. The normalized spacial score (nSPS) is 25.6. The summed E-state index contributed by atoms with van der Waals surface area (Å²) in [6.45, 7) is -0.0698. The fourth-order valence-electron chi connectivity index (χ4n) is 2.70. The molecule has 28 heavy (non-hydrogen) atoms. The van der Waals surface area contributed by atoms with Crippen molar-refractivity contribution >= 4 is 45.1 Å². The highest BCUT2D eigenvalue weighted by molar-refractivity contribution is 8.18. The van der Waals surface area contributed by atoms with E-state index in [-0.39, 0.29) is 23.6 Å². The van der Waals surface area contributed by atoms with E-state index in [2.05, 4.69) is 5.32 Å². The third-order valence-corrected chi connectivity index (χ3v) is 6.43. The number of carbonyl (C=O) groups excluding carboxylic acids is 3. The van der Waals surface area contributed by atoms with Gasteiger partial charge in [-0.15, -0.1) is 4.21 Å². The topological polar surface area (TPSA) is 116 Å². The van der Waals surface area contributed by atoms with E-state index in [1.165, 1.54) is 6.08 Å². The SMILES string of the molecule is COc1ccc(/C=C2/SC(=O)N(CCC(=O)NC3C=C[S+](=O)([O-])C3)C2=O)cc1. The largest absolute Gasteiger partial charge is 0.610 e. The molecular formula is C18H18N2O6S2. The number of rotatable bonds is 6. The lowest BCUT2D eigenvalue weighted by molar-refractivity contribution is -0.124. The van der Waals surface area contributed by atoms with Crippen LogP contribution in [-0.4, -0.2) is 52.0 Å². The van der Waals surface area contributed by atoms with Crippen molar-refractivity contribution < 1.29 is 27.9 Å². The monoisotopic (exact) mass is 422 g/mol. The van der Waals surface area contributed by atoms with Crippen molar-refractivity contribution in [3.05, 3.63) is 46.2 Å². The number of imide groups is 1. The molecule has 0 spiro atoms. The maximum atomic E-state index is 12.5. The molecule has 1 N–H and O–H groups in total. The quantitative estimate of drug-likeness (QED) is 0.548. The Bertz CT molecular complexity index is 909. The van der Waals surface area contributed by atoms with Crippen LogP contribution in [0.15, 0.2) is 40.7 Å². The maximum absolute atomic E-state index is 12.5. The van der Waals surface area contributed by atoms with Crippen LogP contribution in [0.4, 0.5) is 4.79 Å². The molecule has 1 aromatic carbocycles. The first kappa shape index (κ1) is 20.3. The predicted octanol–water partition coefficient (Wildman–Crippen LogP) is 1.76. The van der Waals surface area contributed by atoms with E-state index in [4.69, 9.17) is 4.74 Å². The third-order valence-electron chi connectivity index (χ3n) is 4.13. The van der Waals surface area contributed by atoms with E-state index in [1.54, 1.807) is 37.5 Å². The Balaban J connectivity index is 1.56. The van der Waals surface area contributed by atoms with E-state index in [1.807, 2.05) is 0 Å². The lowest BCUT2D eigenvalue weighted by atomic mass is 10.2. The van der Waals surface area contributed by atoms with Gasteiger partial charge in [0.05, 0.1) is 28.3 Å². The van der Waals surface area contributed by atoms with Crippen LogP contribution >= 0.6 is 11.8 Å². The van der Waals surface area contributed by atoms with Gasteiger partial charge in [0.2, 0.25) is 5.91 Å². The van der Waals surface area contributed by atoms with Gasteiger partial charge in [-0.05, 0) is 41.6 Å². The lowest BCUT2D eigenvalue weighted by Crippen LogP contribution is -2.39. The highest BCUT2D eigenvalue weighted by Crippen LogP contribution is 2.32. The molecule has 148 valence electrons. The summed E-state index contributed by atoms with van der Waals surface area (Å²) in [5, 5.41) is 3.19. The zero-order chi connectivity index (χ0) is 20.3. The van der Waals surface area contributed by atoms with Gasteiger partial charge in [0.25, 0.3) is 11.1 Å². The van der Waals surface area contributed by atoms with Crippen molar-refractivity contribution in [3.8, 4) is 5.75 Å². The first-order valence-corrected chi connectivity index (χ1v) is 10.9. The lowest BCUT2D eigenvalue weighted by Gasteiger charge is -2.14. The van der Waals surface area contributed by atoms with Gasteiger partial charge in [-0.25, -0.2) is 0 Å². The van der Waals surface area contributed by atoms with Gasteiger partial charge in [-0.2, -0.15) is 0 Å². The van der Waals surface area contributed by atoms with Crippen molar-refractivity contribution in [1.29, 1.82) is 0 Å². The Morgan fingerprint density at radius 2 is 2.11 bits per heavy atom. The van der Waals surface area contributed by atoms with Crippen molar-refractivity contribution in [2.24, 2.45) is 0 Å². The first-order valence-electron chi connectivity index (χ1n) is 8.37. The molecule has 2 aliphatic rings. The molecule has 10 heteroatoms. The molecule has 8 nitrogen and oxygen atoms in total. The zero-order valence-electron chi connectivity index (χ0n) is 15.0. The van der Waals surface area contributed by atoms with E-state index in [0.29, 0.717) is 5.75 Å². The van der Waals surface area contributed by atoms with Crippen LogP contribution in [0.2, 0.25) is 0 Å². The number of amides is 3. The number of hydrogen-bond acceptors (Lipinski definition) is 7. The van der Waals surface area contributed by atoms with Crippen molar-refractivity contribution in [3.63, 3.8) is 0 Å². The van der Waals surface area contributed by atoms with Gasteiger partial charge in [0.15, 0.2) is 0 Å². The van der Waals surface area contributed by atoms with Gasteiger partial charge in [-0.3, -0.25) is 19.3 Å². The number of benzene rings is 1. The van der Waals surface area contributed by atoms with E-state index in [0.717, 1.165) is 27.6 Å². The minimum Gasteiger partial charge on any atom is -0.610 e. The molecule has 0 saturated carbocycles. The summed E-state index contributed by atoms with van der Waals surface area (Å²) in [6, 6.07) is 6.45. The molecule has 0 aromatic heterocycles. The summed E-state index contributed by atoms with van der Waals surface area (Å²) < 4.78 is 27.8. The Morgan fingerprint density at radius 1 is 1.39 bits per heavy atom. The Labute approximate surface area is 167 Å². The summed E-state index contributed by atoms with van der Waals surface area (Å²) in [4.78, 5) is 37.9. The Hall–Kier alpha value is -2.43. The van der Waals surface area contributed by atoms with Crippen LogP contribution in [-0.2, 0) is 24.0 Å². The Morgan fingerprint density at radius 3 is 2.71 bits per heavy atom. The summed E-state index contributed by atoms with van der Waals surface area (Å²) >= 11 is 0.816. The summed E-state index contributed by atoms with van der Waals surface area (Å²) in [7, 11) is -1.71. The van der Waals surface area contributed by atoms with E-state index < -0.39 is 33.3 Å². The number of carbonyl (C=O) groups is 3. The summed E-state index contributed by atoms with van der Waals surface area (Å²) in [5.74, 6) is -0.377. The molecule has 0 radical (unpaired) electrons. The molecule has 1 fully saturated rings. The van der Waals surface area contributed by atoms with Crippen molar-refractivity contribution in [1.82, 2.24) is 10.2 Å². The second-order valence-electron chi connectivity index (χ2n) is 6.19. The second-order valence-corrected chi connectivity index (χ2v) is 9.11. The summed E-state index contributed by atoms with van der Waals surface area (Å²) in [6.07, 6.45) is 2.92. The van der Waals surface area contributed by atoms with Gasteiger partial charge >= 0.3 is 0 Å². The number of nitrogens with one attached hydrogen (secondary N) is 1. The van der Waals surface area contributed by atoms with Gasteiger partial charge in [-0.1, -0.05) is 12.1 Å². The highest BCUT2D eigenvalue weighted by atomic mass is 32.3. The number of thioether (sulfide) groups is 1. The molecule has 2 heterocycles. The van der Waals surface area contributed by atoms with Gasteiger partial charge in [0, 0.05) is 13.0 Å². The van der Waals surface area contributed by atoms with Crippen LogP contribution in [0.3, 0.4) is 0 Å². The van der Waals surface area contributed by atoms with Crippen molar-refractivity contribution in [2.45, 2.75) is 12.5 Å². The van der Waals surface area contributed by atoms with Crippen LogP contribution in [0, 0.1) is 0 Å². The Kier molecular flexibility index (Phi) is 6.01. The minimum absolute atomic E-state index is 0.0698. The van der Waals surface area contributed by atoms with Crippen LogP contribution in [0.25, 0.3) is 6.08 Å². The number of sulfone groups is 1. The van der Waals surface area contributed by atoms with E-state index >= 15 is 0 Å². The molecule has 2 atom stereocenters. The van der Waals surface area contributed by atoms with E-state index in [9.17, 15) is 23.1 Å². The third kappa shape index (κ3) is 4.89. The highest BCUT2D eigenvalue weighted by Gasteiger charge is 2.35. The number of ether oxygens (including phenoxy) is 1. The smallest absolute Gasteiger partial charge is 0.293 e. The molecule has 1 aromatic rings. The molecule has 1 saturated heterocycles. The zero-order valence-corrected chi connectivity index (χ0v) is 16.6. The molecule has 3 rings (SSSR count). The van der Waals surface area contributed by atoms with Crippen molar-refractivity contribution in [2.75, 3.05) is 19.4 Å². The van der Waals surface area contributed by atoms with Gasteiger partial charge < -0.3 is 14.6 Å². The molecule has 3 amide bonds. The number of methoxy groups -OCH3 is 1. The predicted molar refractivity (Wildman–Crippen MR) is 105 cm³/mol. The fourth-order valence-corrected chi connectivity index (χ4v) is 4.80. The molecule has 0 bridgehead atoms. The molecule has 2 unspecified atom stereocenters.